The van der Waals surface area contributed by atoms with Crippen LogP contribution in [0, 0.1) is 0 Å². The van der Waals surface area contributed by atoms with E-state index in [0.29, 0.717) is 36.0 Å². The zero-order valence-electron chi connectivity index (χ0n) is 15.9. The van der Waals surface area contributed by atoms with Crippen molar-refractivity contribution in [1.29, 1.82) is 0 Å². The molecule has 0 unspecified atom stereocenters. The minimum atomic E-state index is -4.51. The highest BCUT2D eigenvalue weighted by atomic mass is 19.4. The third-order valence-electron chi connectivity index (χ3n) is 4.93. The Morgan fingerprint density at radius 2 is 1.68 bits per heavy atom. The molecule has 0 radical (unpaired) electrons. The summed E-state index contributed by atoms with van der Waals surface area (Å²) in [6, 6.07) is 9.37. The van der Waals surface area contributed by atoms with Gasteiger partial charge in [0.15, 0.2) is 5.69 Å². The number of amides is 1. The van der Waals surface area contributed by atoms with E-state index in [-0.39, 0.29) is 5.91 Å². The Bertz CT molecular complexity index is 804. The van der Waals surface area contributed by atoms with Crippen LogP contribution in [-0.4, -0.2) is 58.1 Å². The van der Waals surface area contributed by atoms with E-state index in [4.69, 9.17) is 0 Å². The Balaban J connectivity index is 1.69. The maximum Gasteiger partial charge on any atom is 0.435 e. The van der Waals surface area contributed by atoms with Crippen LogP contribution in [0.15, 0.2) is 36.4 Å². The van der Waals surface area contributed by atoms with Crippen molar-refractivity contribution in [3.63, 3.8) is 0 Å². The Hall–Kier alpha value is -2.48. The summed E-state index contributed by atoms with van der Waals surface area (Å²) in [6.45, 7) is 7.54. The van der Waals surface area contributed by atoms with E-state index in [1.165, 1.54) is 6.07 Å². The van der Waals surface area contributed by atoms with Gasteiger partial charge in [-0.25, -0.2) is 0 Å². The van der Waals surface area contributed by atoms with E-state index in [2.05, 4.69) is 28.9 Å². The first kappa shape index (κ1) is 20.3. The first-order valence-corrected chi connectivity index (χ1v) is 9.30. The minimum absolute atomic E-state index is 0.0318. The summed E-state index contributed by atoms with van der Waals surface area (Å²) in [4.78, 5) is 17.0. The molecule has 0 bridgehead atoms. The van der Waals surface area contributed by atoms with Crippen molar-refractivity contribution >= 4 is 5.91 Å². The van der Waals surface area contributed by atoms with Gasteiger partial charge in [-0.15, -0.1) is 10.2 Å². The number of carbonyl (C=O) groups excluding carboxylic acids is 1. The molecule has 2 heterocycles. The number of alkyl halides is 3. The number of aromatic nitrogens is 2. The van der Waals surface area contributed by atoms with E-state index in [1.807, 2.05) is 4.90 Å². The van der Waals surface area contributed by atoms with Crippen LogP contribution in [0.3, 0.4) is 0 Å². The molecule has 150 valence electrons. The monoisotopic (exact) mass is 392 g/mol. The number of nitrogens with zero attached hydrogens (tertiary/aromatic N) is 4. The van der Waals surface area contributed by atoms with Crippen molar-refractivity contribution in [2.24, 2.45) is 0 Å². The molecule has 1 amide bonds. The fourth-order valence-electron chi connectivity index (χ4n) is 3.26. The molecule has 1 aromatic carbocycles. The number of carbonyl (C=O) groups is 1. The SMILES string of the molecule is CC(C)N1CCCN(C(=O)c2ccc(-c3ccc(C(F)(F)F)nn3)cc2)CC1. The van der Waals surface area contributed by atoms with Crippen molar-refractivity contribution in [2.45, 2.75) is 32.5 Å². The van der Waals surface area contributed by atoms with Gasteiger partial charge in [0.1, 0.15) is 0 Å². The number of hydrogen-bond donors (Lipinski definition) is 0. The number of rotatable bonds is 3. The van der Waals surface area contributed by atoms with Gasteiger partial charge in [-0.05, 0) is 44.5 Å². The predicted molar refractivity (Wildman–Crippen MR) is 99.7 cm³/mol. The van der Waals surface area contributed by atoms with Crippen LogP contribution in [0.4, 0.5) is 13.2 Å². The number of halogens is 3. The van der Waals surface area contributed by atoms with Crippen LogP contribution < -0.4 is 0 Å². The summed E-state index contributed by atoms with van der Waals surface area (Å²) in [5.41, 5.74) is 0.468. The molecule has 1 fully saturated rings. The van der Waals surface area contributed by atoms with E-state index in [9.17, 15) is 18.0 Å². The molecule has 5 nitrogen and oxygen atoms in total. The molecular formula is C20H23F3N4O. The van der Waals surface area contributed by atoms with Gasteiger partial charge in [0.05, 0.1) is 5.69 Å². The zero-order chi connectivity index (χ0) is 20.3. The lowest BCUT2D eigenvalue weighted by Crippen LogP contribution is -2.37. The van der Waals surface area contributed by atoms with Crippen molar-refractivity contribution in [3.8, 4) is 11.3 Å². The van der Waals surface area contributed by atoms with E-state index < -0.39 is 11.9 Å². The van der Waals surface area contributed by atoms with Crippen LogP contribution in [-0.2, 0) is 6.18 Å². The molecule has 0 spiro atoms. The molecule has 0 aliphatic carbocycles. The highest BCUT2D eigenvalue weighted by Gasteiger charge is 2.32. The normalized spacial score (nSPS) is 16.3. The highest BCUT2D eigenvalue weighted by molar-refractivity contribution is 5.94. The van der Waals surface area contributed by atoms with Crippen molar-refractivity contribution in [3.05, 3.63) is 47.7 Å². The first-order valence-electron chi connectivity index (χ1n) is 9.30. The number of benzene rings is 1. The van der Waals surface area contributed by atoms with Crippen molar-refractivity contribution < 1.29 is 18.0 Å². The van der Waals surface area contributed by atoms with Gasteiger partial charge in [-0.1, -0.05) is 12.1 Å². The van der Waals surface area contributed by atoms with Crippen molar-refractivity contribution in [2.75, 3.05) is 26.2 Å². The fourth-order valence-corrected chi connectivity index (χ4v) is 3.26. The smallest absolute Gasteiger partial charge is 0.337 e. The van der Waals surface area contributed by atoms with Gasteiger partial charge in [0.25, 0.3) is 5.91 Å². The molecule has 0 atom stereocenters. The third-order valence-corrected chi connectivity index (χ3v) is 4.93. The number of hydrogen-bond acceptors (Lipinski definition) is 4. The average Bonchev–Trinajstić information content (AvgIpc) is 2.93. The molecule has 0 N–H and O–H groups in total. The van der Waals surface area contributed by atoms with E-state index in [1.54, 1.807) is 24.3 Å². The van der Waals surface area contributed by atoms with E-state index >= 15 is 0 Å². The Kier molecular flexibility index (Phi) is 5.98. The van der Waals surface area contributed by atoms with Crippen LogP contribution in [0.5, 0.6) is 0 Å². The van der Waals surface area contributed by atoms with E-state index in [0.717, 1.165) is 25.6 Å². The second-order valence-electron chi connectivity index (χ2n) is 7.15. The van der Waals surface area contributed by atoms with Crippen molar-refractivity contribution in [1.82, 2.24) is 20.0 Å². The van der Waals surface area contributed by atoms with Crippen LogP contribution in [0.25, 0.3) is 11.3 Å². The summed E-state index contributed by atoms with van der Waals surface area (Å²) in [6.07, 6.45) is -3.58. The minimum Gasteiger partial charge on any atom is -0.337 e. The maximum absolute atomic E-state index is 12.8. The van der Waals surface area contributed by atoms with Gasteiger partial charge in [0.2, 0.25) is 0 Å². The first-order chi connectivity index (χ1) is 13.3. The average molecular weight is 392 g/mol. The second-order valence-corrected chi connectivity index (χ2v) is 7.15. The second kappa shape index (κ2) is 8.26. The molecule has 3 rings (SSSR count). The van der Waals surface area contributed by atoms with Gasteiger partial charge in [-0.2, -0.15) is 13.2 Å². The lowest BCUT2D eigenvalue weighted by molar-refractivity contribution is -0.141. The molecule has 2 aromatic rings. The standard InChI is InChI=1S/C20H23F3N4O/c1-14(2)26-10-3-11-27(13-12-26)19(28)16-6-4-15(5-7-16)17-8-9-18(25-24-17)20(21,22)23/h4-9,14H,3,10-13H2,1-2H3. The van der Waals surface area contributed by atoms with Gasteiger partial charge in [0, 0.05) is 43.3 Å². The quantitative estimate of drug-likeness (QED) is 0.799. The molecule has 1 saturated heterocycles. The summed E-state index contributed by atoms with van der Waals surface area (Å²) in [5, 5.41) is 6.88. The fraction of sp³-hybridized carbons (Fsp3) is 0.450. The summed E-state index contributed by atoms with van der Waals surface area (Å²) in [5.74, 6) is -0.0318. The molecule has 1 aliphatic rings. The molecule has 28 heavy (non-hydrogen) atoms. The summed E-state index contributed by atoms with van der Waals surface area (Å²) in [7, 11) is 0. The molecule has 8 heteroatoms. The summed E-state index contributed by atoms with van der Waals surface area (Å²) >= 11 is 0. The zero-order valence-corrected chi connectivity index (χ0v) is 15.9. The van der Waals surface area contributed by atoms with Crippen LogP contribution in [0.1, 0.15) is 36.3 Å². The largest absolute Gasteiger partial charge is 0.435 e. The topological polar surface area (TPSA) is 49.3 Å². The molecular weight excluding hydrogens is 369 g/mol. The Morgan fingerprint density at radius 3 is 2.25 bits per heavy atom. The van der Waals surface area contributed by atoms with Gasteiger partial charge in [-0.3, -0.25) is 9.69 Å². The Labute approximate surface area is 162 Å². The molecule has 1 aliphatic heterocycles. The van der Waals surface area contributed by atoms with Crippen LogP contribution >= 0.6 is 0 Å². The third kappa shape index (κ3) is 4.67. The molecule has 0 saturated carbocycles. The Morgan fingerprint density at radius 1 is 0.964 bits per heavy atom. The maximum atomic E-state index is 12.8. The predicted octanol–water partition coefficient (Wildman–Crippen LogP) is 3.72. The summed E-state index contributed by atoms with van der Waals surface area (Å²) < 4.78 is 37.8. The lowest BCUT2D eigenvalue weighted by atomic mass is 10.1. The van der Waals surface area contributed by atoms with Gasteiger partial charge < -0.3 is 4.90 Å². The highest BCUT2D eigenvalue weighted by Crippen LogP contribution is 2.28. The van der Waals surface area contributed by atoms with Gasteiger partial charge >= 0.3 is 6.18 Å². The lowest BCUT2D eigenvalue weighted by Gasteiger charge is -2.25. The molecule has 1 aromatic heterocycles. The van der Waals surface area contributed by atoms with Crippen LogP contribution in [0.2, 0.25) is 0 Å².